The SMILES string of the molecule is Cc1cccc(N(c2ccc3c(c2)C(C)(C)c2cc4cc(N(c5cccc(C)c5)c5cccc6c5oc5ccccc56)ccc4cc2-3)c2cccc3c2oc2ccccc23)c1. The molecule has 0 amide bonds. The van der Waals surface area contributed by atoms with Crippen LogP contribution in [0, 0.1) is 13.8 Å². The van der Waals surface area contributed by atoms with E-state index in [9.17, 15) is 0 Å². The van der Waals surface area contributed by atoms with Gasteiger partial charge in [-0.05, 0) is 143 Å². The monoisotopic (exact) mass is 786 g/mol. The number of anilines is 6. The molecule has 0 aliphatic heterocycles. The Balaban J connectivity index is 0.999. The van der Waals surface area contributed by atoms with Crippen molar-refractivity contribution in [2.45, 2.75) is 33.1 Å². The molecule has 4 heteroatoms. The maximum atomic E-state index is 6.64. The molecule has 0 spiro atoms. The first-order chi connectivity index (χ1) is 29.8. The Morgan fingerprint density at radius 1 is 0.377 bits per heavy atom. The maximum Gasteiger partial charge on any atom is 0.159 e. The van der Waals surface area contributed by atoms with E-state index < -0.39 is 0 Å². The second kappa shape index (κ2) is 13.2. The zero-order chi connectivity index (χ0) is 41.0. The van der Waals surface area contributed by atoms with Crippen LogP contribution in [0.1, 0.15) is 36.1 Å². The van der Waals surface area contributed by atoms with Gasteiger partial charge in [0.15, 0.2) is 11.2 Å². The van der Waals surface area contributed by atoms with E-state index in [0.717, 1.165) is 78.0 Å². The standard InChI is InChI=1S/C57H42N2O2/c1-35-13-9-15-39(29-35)58(51-21-11-19-46-44-17-5-7-23-53(44)60-55(46)51)41-26-25-37-32-48-43-28-27-42(34-50(43)57(3,4)49(48)33-38(37)31-41)59(40-16-10-14-36(2)30-40)52-22-12-20-47-45-18-6-8-24-54(45)61-56(47)52/h5-34H,1-4H3. The highest BCUT2D eigenvalue weighted by atomic mass is 16.3. The highest BCUT2D eigenvalue weighted by Gasteiger charge is 2.37. The van der Waals surface area contributed by atoms with Gasteiger partial charge in [0.05, 0.1) is 11.4 Å². The Morgan fingerprint density at radius 3 is 1.46 bits per heavy atom. The first-order valence-electron chi connectivity index (χ1n) is 21.1. The van der Waals surface area contributed by atoms with Crippen LogP contribution in [0.4, 0.5) is 34.1 Å². The number of benzene rings is 9. The maximum absolute atomic E-state index is 6.64. The van der Waals surface area contributed by atoms with Gasteiger partial charge in [0.25, 0.3) is 0 Å². The average molecular weight is 787 g/mol. The molecular formula is C57H42N2O2. The Kier molecular flexibility index (Phi) is 7.67. The summed E-state index contributed by atoms with van der Waals surface area (Å²) in [6.45, 7) is 9.05. The van der Waals surface area contributed by atoms with E-state index in [4.69, 9.17) is 8.83 Å². The third-order valence-electron chi connectivity index (χ3n) is 12.9. The molecule has 61 heavy (non-hydrogen) atoms. The van der Waals surface area contributed by atoms with Gasteiger partial charge in [0.1, 0.15) is 11.2 Å². The lowest BCUT2D eigenvalue weighted by atomic mass is 9.81. The summed E-state index contributed by atoms with van der Waals surface area (Å²) in [6.07, 6.45) is 0. The van der Waals surface area contributed by atoms with E-state index in [1.807, 2.05) is 12.1 Å². The molecule has 11 aromatic rings. The van der Waals surface area contributed by atoms with Crippen LogP contribution in [0.15, 0.2) is 191 Å². The average Bonchev–Trinajstić information content (AvgIpc) is 3.92. The van der Waals surface area contributed by atoms with E-state index in [0.29, 0.717) is 0 Å². The van der Waals surface area contributed by atoms with Crippen molar-refractivity contribution in [2.24, 2.45) is 0 Å². The summed E-state index contributed by atoms with van der Waals surface area (Å²) >= 11 is 0. The molecule has 0 bridgehead atoms. The van der Waals surface area contributed by atoms with Crippen molar-refractivity contribution in [1.82, 2.24) is 0 Å². The second-order valence-electron chi connectivity index (χ2n) is 17.1. The van der Waals surface area contributed by atoms with Gasteiger partial charge in [-0.15, -0.1) is 0 Å². The van der Waals surface area contributed by atoms with Crippen LogP contribution in [0.3, 0.4) is 0 Å². The van der Waals surface area contributed by atoms with E-state index in [-0.39, 0.29) is 5.41 Å². The number of nitrogens with zero attached hydrogens (tertiary/aromatic N) is 2. The van der Waals surface area contributed by atoms with Gasteiger partial charge >= 0.3 is 0 Å². The fraction of sp³-hybridized carbons (Fsp3) is 0.0877. The van der Waals surface area contributed by atoms with Gasteiger partial charge in [-0.3, -0.25) is 0 Å². The molecule has 4 nitrogen and oxygen atoms in total. The summed E-state index contributed by atoms with van der Waals surface area (Å²) in [4.78, 5) is 4.71. The van der Waals surface area contributed by atoms with Gasteiger partial charge in [0, 0.05) is 49.7 Å². The predicted molar refractivity (Wildman–Crippen MR) is 255 cm³/mol. The minimum absolute atomic E-state index is 0.259. The van der Waals surface area contributed by atoms with E-state index in [2.05, 4.69) is 207 Å². The van der Waals surface area contributed by atoms with Crippen LogP contribution in [0.5, 0.6) is 0 Å². The summed E-state index contributed by atoms with van der Waals surface area (Å²) < 4.78 is 13.3. The molecule has 2 aromatic heterocycles. The van der Waals surface area contributed by atoms with Crippen molar-refractivity contribution in [1.29, 1.82) is 0 Å². The van der Waals surface area contributed by atoms with Gasteiger partial charge < -0.3 is 18.6 Å². The third-order valence-corrected chi connectivity index (χ3v) is 12.9. The molecule has 0 N–H and O–H groups in total. The molecule has 292 valence electrons. The first kappa shape index (κ1) is 35.4. The van der Waals surface area contributed by atoms with Crippen molar-refractivity contribution >= 4 is 88.8 Å². The molecular weight excluding hydrogens is 745 g/mol. The lowest BCUT2D eigenvalue weighted by molar-refractivity contribution is 0.661. The van der Waals surface area contributed by atoms with Gasteiger partial charge in [-0.25, -0.2) is 0 Å². The summed E-state index contributed by atoms with van der Waals surface area (Å²) in [5.41, 5.74) is 17.3. The normalized spacial score (nSPS) is 13.0. The second-order valence-corrected chi connectivity index (χ2v) is 17.1. The molecule has 0 saturated heterocycles. The highest BCUT2D eigenvalue weighted by Crippen LogP contribution is 2.53. The smallest absolute Gasteiger partial charge is 0.159 e. The topological polar surface area (TPSA) is 32.8 Å². The summed E-state index contributed by atoms with van der Waals surface area (Å²) in [7, 11) is 0. The van der Waals surface area contributed by atoms with Crippen molar-refractivity contribution in [3.8, 4) is 11.1 Å². The molecule has 0 atom stereocenters. The predicted octanol–water partition coefficient (Wildman–Crippen LogP) is 16.5. The third kappa shape index (κ3) is 5.45. The number of hydrogen-bond donors (Lipinski definition) is 0. The molecule has 2 heterocycles. The van der Waals surface area contributed by atoms with E-state index in [1.54, 1.807) is 0 Å². The van der Waals surface area contributed by atoms with Crippen molar-refractivity contribution < 1.29 is 8.83 Å². The zero-order valence-corrected chi connectivity index (χ0v) is 34.5. The molecule has 12 rings (SSSR count). The molecule has 1 aliphatic carbocycles. The Hall–Kier alpha value is -7.56. The first-order valence-corrected chi connectivity index (χ1v) is 21.1. The van der Waals surface area contributed by atoms with Crippen LogP contribution in [0.2, 0.25) is 0 Å². The number of rotatable bonds is 6. The van der Waals surface area contributed by atoms with E-state index >= 15 is 0 Å². The number of aryl methyl sites for hydroxylation is 2. The minimum atomic E-state index is -0.259. The summed E-state index contributed by atoms with van der Waals surface area (Å²) in [6, 6.07) is 65.8. The van der Waals surface area contributed by atoms with Crippen LogP contribution in [0.25, 0.3) is 65.8 Å². The van der Waals surface area contributed by atoms with E-state index in [1.165, 1.54) is 44.2 Å². The number of fused-ring (bicyclic) bond motifs is 10. The number of para-hydroxylation sites is 4. The zero-order valence-electron chi connectivity index (χ0n) is 34.5. The van der Waals surface area contributed by atoms with Crippen LogP contribution in [-0.4, -0.2) is 0 Å². The lowest BCUT2D eigenvalue weighted by Gasteiger charge is -2.28. The molecule has 0 radical (unpaired) electrons. The minimum Gasteiger partial charge on any atom is -0.454 e. The van der Waals surface area contributed by atoms with Crippen molar-refractivity contribution in [3.63, 3.8) is 0 Å². The molecule has 0 fully saturated rings. The number of furan rings is 2. The largest absolute Gasteiger partial charge is 0.454 e. The highest BCUT2D eigenvalue weighted by molar-refractivity contribution is 6.12. The fourth-order valence-corrected chi connectivity index (χ4v) is 9.94. The van der Waals surface area contributed by atoms with Crippen LogP contribution >= 0.6 is 0 Å². The van der Waals surface area contributed by atoms with Crippen LogP contribution in [-0.2, 0) is 5.41 Å². The van der Waals surface area contributed by atoms with Gasteiger partial charge in [0.2, 0.25) is 0 Å². The fourth-order valence-electron chi connectivity index (χ4n) is 9.94. The molecule has 0 saturated carbocycles. The quantitative estimate of drug-likeness (QED) is 0.168. The van der Waals surface area contributed by atoms with Gasteiger partial charge in [-0.2, -0.15) is 0 Å². The molecule has 9 aromatic carbocycles. The number of hydrogen-bond acceptors (Lipinski definition) is 4. The molecule has 0 unspecified atom stereocenters. The molecule has 1 aliphatic rings. The van der Waals surface area contributed by atoms with Crippen LogP contribution < -0.4 is 9.80 Å². The Morgan fingerprint density at radius 2 is 0.869 bits per heavy atom. The lowest BCUT2D eigenvalue weighted by Crippen LogP contribution is -2.16. The van der Waals surface area contributed by atoms with Gasteiger partial charge in [-0.1, -0.05) is 111 Å². The summed E-state index contributed by atoms with van der Waals surface area (Å²) in [5.74, 6) is 0. The summed E-state index contributed by atoms with van der Waals surface area (Å²) in [5, 5.41) is 6.87. The Labute approximate surface area is 354 Å². The van der Waals surface area contributed by atoms with Crippen molar-refractivity contribution in [3.05, 3.63) is 204 Å². The Bertz CT molecular complexity index is 3570. The van der Waals surface area contributed by atoms with Crippen molar-refractivity contribution in [2.75, 3.05) is 9.80 Å².